The predicted octanol–water partition coefficient (Wildman–Crippen LogP) is 3.22. The molecule has 2 aromatic heterocycles. The van der Waals surface area contributed by atoms with Crippen LogP contribution in [-0.2, 0) is 21.3 Å². The van der Waals surface area contributed by atoms with Crippen LogP contribution >= 0.6 is 11.3 Å². The van der Waals surface area contributed by atoms with Crippen LogP contribution in [0.2, 0.25) is 0 Å². The van der Waals surface area contributed by atoms with Gasteiger partial charge in [-0.1, -0.05) is 30.2 Å². The van der Waals surface area contributed by atoms with Crippen LogP contribution in [0.25, 0.3) is 10.4 Å². The lowest BCUT2D eigenvalue weighted by atomic mass is 10.0. The number of carbonyl (C=O) groups excluding carboxylic acids is 2. The smallest absolute Gasteiger partial charge is 0.323 e. The number of fused-ring (bicyclic) bond motifs is 1. The first kappa shape index (κ1) is 27.3. The number of hydrogen-bond donors (Lipinski definition) is 3. The summed E-state index contributed by atoms with van der Waals surface area (Å²) in [6, 6.07) is 8.42. The zero-order valence-corrected chi connectivity index (χ0v) is 24.7. The molecule has 0 unspecified atom stereocenters. The van der Waals surface area contributed by atoms with E-state index in [9.17, 15) is 18.0 Å². The molecule has 2 saturated heterocycles. The molecule has 3 fully saturated rings. The van der Waals surface area contributed by atoms with Gasteiger partial charge in [0.25, 0.3) is 5.91 Å². The molecule has 0 radical (unpaired) electrons. The largest absolute Gasteiger partial charge is 0.378 e. The van der Waals surface area contributed by atoms with Crippen molar-refractivity contribution in [2.45, 2.75) is 43.7 Å². The second-order valence-electron chi connectivity index (χ2n) is 11.1. The van der Waals surface area contributed by atoms with E-state index in [2.05, 4.69) is 25.3 Å². The Morgan fingerprint density at radius 3 is 2.71 bits per heavy atom. The van der Waals surface area contributed by atoms with Crippen LogP contribution in [0.4, 0.5) is 21.6 Å². The summed E-state index contributed by atoms with van der Waals surface area (Å²) in [5.74, 6) is 1.50. The van der Waals surface area contributed by atoms with Crippen molar-refractivity contribution in [1.29, 1.82) is 0 Å². The van der Waals surface area contributed by atoms with Crippen molar-refractivity contribution < 1.29 is 22.7 Å². The number of nitrogens with zero attached hydrogens (tertiary/aromatic N) is 4. The summed E-state index contributed by atoms with van der Waals surface area (Å²) in [7, 11) is -3.98. The van der Waals surface area contributed by atoms with E-state index in [1.165, 1.54) is 24.2 Å². The lowest BCUT2D eigenvalue weighted by molar-refractivity contribution is 0.00481. The van der Waals surface area contributed by atoms with Gasteiger partial charge in [-0.15, -0.1) is 0 Å². The molecule has 3 N–H and O–H groups in total. The third-order valence-corrected chi connectivity index (χ3v) is 10.6. The molecule has 3 aromatic rings. The van der Waals surface area contributed by atoms with Crippen molar-refractivity contribution >= 4 is 50.1 Å². The van der Waals surface area contributed by atoms with Gasteiger partial charge in [-0.2, -0.15) is 0 Å². The number of hydrogen-bond acceptors (Lipinski definition) is 9. The average molecular weight is 610 g/mol. The van der Waals surface area contributed by atoms with E-state index >= 15 is 0 Å². The molecule has 7 rings (SSSR count). The molecule has 5 heterocycles. The molecule has 42 heavy (non-hydrogen) atoms. The lowest BCUT2D eigenvalue weighted by Crippen LogP contribution is -2.48. The average Bonchev–Trinajstić information content (AvgIpc) is 3.43. The highest BCUT2D eigenvalue weighted by Crippen LogP contribution is 2.40. The van der Waals surface area contributed by atoms with E-state index in [0.29, 0.717) is 73.2 Å². The van der Waals surface area contributed by atoms with Crippen molar-refractivity contribution in [1.82, 2.24) is 24.9 Å². The van der Waals surface area contributed by atoms with Gasteiger partial charge in [-0.3, -0.25) is 9.69 Å². The Labute approximate surface area is 247 Å². The summed E-state index contributed by atoms with van der Waals surface area (Å²) in [5.41, 5.74) is 2.37. The van der Waals surface area contributed by atoms with Crippen molar-refractivity contribution in [3.05, 3.63) is 47.2 Å². The predicted molar refractivity (Wildman–Crippen MR) is 158 cm³/mol. The summed E-state index contributed by atoms with van der Waals surface area (Å²) in [4.78, 5) is 39.0. The van der Waals surface area contributed by atoms with E-state index in [1.54, 1.807) is 28.0 Å². The van der Waals surface area contributed by atoms with Crippen LogP contribution in [0.1, 0.15) is 40.9 Å². The molecule has 3 amide bonds. The zero-order valence-electron chi connectivity index (χ0n) is 23.1. The van der Waals surface area contributed by atoms with Crippen LogP contribution in [0.15, 0.2) is 35.2 Å². The number of benzene rings is 1. The minimum atomic E-state index is -3.98. The summed E-state index contributed by atoms with van der Waals surface area (Å²) < 4.78 is 35.1. The van der Waals surface area contributed by atoms with Gasteiger partial charge in [0, 0.05) is 26.2 Å². The van der Waals surface area contributed by atoms with E-state index in [-0.39, 0.29) is 28.4 Å². The molecule has 0 spiro atoms. The summed E-state index contributed by atoms with van der Waals surface area (Å²) in [5, 5.41) is 6.58. The fraction of sp³-hybridized carbons (Fsp3) is 0.429. The molecule has 3 aliphatic heterocycles. The highest BCUT2D eigenvalue weighted by molar-refractivity contribution is 7.89. The van der Waals surface area contributed by atoms with Gasteiger partial charge in [-0.05, 0) is 54.7 Å². The Morgan fingerprint density at radius 2 is 2.00 bits per heavy atom. The van der Waals surface area contributed by atoms with Crippen molar-refractivity contribution in [3.63, 3.8) is 0 Å². The number of ether oxygens (including phenoxy) is 1. The van der Waals surface area contributed by atoms with E-state index in [4.69, 9.17) is 4.74 Å². The normalized spacial score (nSPS) is 18.8. The Kier molecular flexibility index (Phi) is 6.88. The molecule has 1 aromatic carbocycles. The number of amides is 3. The summed E-state index contributed by atoms with van der Waals surface area (Å²) in [6.45, 7) is 4.60. The van der Waals surface area contributed by atoms with Gasteiger partial charge >= 0.3 is 6.03 Å². The third-order valence-electron chi connectivity index (χ3n) is 7.96. The standard InChI is InChI=1S/C28H31N7O5S2/c1-16-25(41-27(30-16)32-22-3-2-4-23(31-22)35-10-8-29-28(35)37)18-11-19-13-34(9-7-17-5-6-17)26(36)24(19)21(12-18)42(38,39)33-20-14-40-15-20/h2-4,11-12,17,20,33H,5-10,13-15H2,1H3,(H,29,37)(H,30,31,32). The van der Waals surface area contributed by atoms with Crippen LogP contribution in [0.3, 0.4) is 0 Å². The molecule has 1 saturated carbocycles. The number of sulfonamides is 1. The molecule has 1 aliphatic carbocycles. The van der Waals surface area contributed by atoms with E-state index in [1.807, 2.05) is 19.1 Å². The maximum absolute atomic E-state index is 13.6. The highest BCUT2D eigenvalue weighted by Gasteiger charge is 2.37. The first-order valence-electron chi connectivity index (χ1n) is 14.1. The van der Waals surface area contributed by atoms with Gasteiger partial charge in [0.1, 0.15) is 11.6 Å². The molecule has 12 nitrogen and oxygen atoms in total. The Bertz CT molecular complexity index is 1680. The molecular weight excluding hydrogens is 578 g/mol. The van der Waals surface area contributed by atoms with Crippen LogP contribution < -0.4 is 20.3 Å². The summed E-state index contributed by atoms with van der Waals surface area (Å²) >= 11 is 1.38. The maximum Gasteiger partial charge on any atom is 0.323 e. The molecule has 220 valence electrons. The summed E-state index contributed by atoms with van der Waals surface area (Å²) in [6.07, 6.45) is 3.33. The fourth-order valence-corrected chi connectivity index (χ4v) is 7.92. The number of thiazole rings is 1. The van der Waals surface area contributed by atoms with Crippen LogP contribution in [-0.4, -0.2) is 74.1 Å². The Hall–Kier alpha value is -3.59. The molecule has 4 aliphatic rings. The van der Waals surface area contributed by atoms with Gasteiger partial charge in [0.2, 0.25) is 10.0 Å². The van der Waals surface area contributed by atoms with Crippen molar-refractivity contribution in [2.24, 2.45) is 5.92 Å². The fourth-order valence-electron chi connectivity index (χ4n) is 5.49. The number of nitrogens with one attached hydrogen (secondary N) is 3. The Morgan fingerprint density at radius 1 is 1.17 bits per heavy atom. The molecule has 0 atom stereocenters. The molecule has 0 bridgehead atoms. The number of rotatable bonds is 10. The highest BCUT2D eigenvalue weighted by atomic mass is 32.2. The van der Waals surface area contributed by atoms with Crippen molar-refractivity contribution in [2.75, 3.05) is 43.1 Å². The van der Waals surface area contributed by atoms with E-state index < -0.39 is 10.0 Å². The number of aromatic nitrogens is 2. The van der Waals surface area contributed by atoms with Gasteiger partial charge < -0.3 is 20.3 Å². The maximum atomic E-state index is 13.6. The lowest BCUT2D eigenvalue weighted by Gasteiger charge is -2.27. The zero-order chi connectivity index (χ0) is 29.0. The second-order valence-corrected chi connectivity index (χ2v) is 13.8. The minimum Gasteiger partial charge on any atom is -0.378 e. The van der Waals surface area contributed by atoms with Crippen LogP contribution in [0, 0.1) is 12.8 Å². The van der Waals surface area contributed by atoms with Gasteiger partial charge in [-0.25, -0.2) is 27.9 Å². The minimum absolute atomic E-state index is 0.00129. The second kappa shape index (κ2) is 10.6. The quantitative estimate of drug-likeness (QED) is 0.318. The molecule has 14 heteroatoms. The number of urea groups is 1. The van der Waals surface area contributed by atoms with E-state index in [0.717, 1.165) is 17.0 Å². The first-order valence-corrected chi connectivity index (χ1v) is 16.4. The topological polar surface area (TPSA) is 146 Å². The first-order chi connectivity index (χ1) is 20.2. The Balaban J connectivity index is 1.20. The number of anilines is 3. The van der Waals surface area contributed by atoms with Gasteiger partial charge in [0.15, 0.2) is 5.13 Å². The monoisotopic (exact) mass is 609 g/mol. The number of aryl methyl sites for hydroxylation is 1. The molecular formula is C28H31N7O5S2. The van der Waals surface area contributed by atoms with Crippen LogP contribution in [0.5, 0.6) is 0 Å². The number of carbonyl (C=O) groups is 2. The van der Waals surface area contributed by atoms with Crippen molar-refractivity contribution in [3.8, 4) is 10.4 Å². The van der Waals surface area contributed by atoms with Gasteiger partial charge in [0.05, 0.1) is 40.3 Å². The third kappa shape index (κ3) is 5.23. The number of pyridine rings is 1. The SMILES string of the molecule is Cc1nc(Nc2cccc(N3CCNC3=O)n2)sc1-c1cc2c(c(S(=O)(=O)NC3COC3)c1)C(=O)N(CCC1CC1)C2.